The highest BCUT2D eigenvalue weighted by molar-refractivity contribution is 5.79. The number of likely N-dealkylation sites (tertiary alicyclic amines) is 1. The second-order valence-corrected chi connectivity index (χ2v) is 6.77. The first-order valence-electron chi connectivity index (χ1n) is 9.57. The molecule has 0 aliphatic carbocycles. The zero-order valence-corrected chi connectivity index (χ0v) is 16.7. The number of benzene rings is 1. The van der Waals surface area contributed by atoms with Crippen molar-refractivity contribution in [2.24, 2.45) is 10.9 Å². The summed E-state index contributed by atoms with van der Waals surface area (Å²) in [4.78, 5) is 6.89. The average Bonchev–Trinajstić information content (AvgIpc) is 3.12. The molecule has 1 saturated heterocycles. The molecular formula is C20H34N4O2. The van der Waals surface area contributed by atoms with Crippen molar-refractivity contribution >= 4 is 5.96 Å². The summed E-state index contributed by atoms with van der Waals surface area (Å²) in [6, 6.07) is 6.04. The fourth-order valence-electron chi connectivity index (χ4n) is 3.42. The van der Waals surface area contributed by atoms with Gasteiger partial charge in [0, 0.05) is 26.7 Å². The van der Waals surface area contributed by atoms with E-state index >= 15 is 0 Å². The van der Waals surface area contributed by atoms with Crippen LogP contribution < -0.4 is 20.1 Å². The lowest BCUT2D eigenvalue weighted by Gasteiger charge is -2.17. The van der Waals surface area contributed by atoms with Crippen LogP contribution in [0.25, 0.3) is 0 Å². The van der Waals surface area contributed by atoms with Crippen LogP contribution in [-0.4, -0.2) is 64.9 Å². The van der Waals surface area contributed by atoms with Crippen LogP contribution in [0, 0.1) is 5.92 Å². The lowest BCUT2D eigenvalue weighted by atomic mass is 10.1. The van der Waals surface area contributed by atoms with E-state index in [1.54, 1.807) is 14.2 Å². The minimum atomic E-state index is 0.714. The van der Waals surface area contributed by atoms with Gasteiger partial charge in [0.2, 0.25) is 0 Å². The van der Waals surface area contributed by atoms with Crippen LogP contribution in [0.15, 0.2) is 23.2 Å². The van der Waals surface area contributed by atoms with Gasteiger partial charge in [-0.1, -0.05) is 13.0 Å². The van der Waals surface area contributed by atoms with E-state index in [0.717, 1.165) is 37.0 Å². The number of ether oxygens (including phenoxy) is 2. The Hall–Kier alpha value is -1.95. The first-order chi connectivity index (χ1) is 12.7. The van der Waals surface area contributed by atoms with Crippen LogP contribution in [0.2, 0.25) is 0 Å². The van der Waals surface area contributed by atoms with Gasteiger partial charge < -0.3 is 25.0 Å². The van der Waals surface area contributed by atoms with Gasteiger partial charge in [-0.05, 0) is 56.0 Å². The molecule has 1 aliphatic heterocycles. The number of methoxy groups -OCH3 is 2. The highest BCUT2D eigenvalue weighted by atomic mass is 16.5. The predicted octanol–water partition coefficient (Wildman–Crippen LogP) is 2.14. The normalized spacial score (nSPS) is 18.0. The molecule has 0 saturated carbocycles. The Morgan fingerprint density at radius 3 is 2.73 bits per heavy atom. The molecule has 6 nitrogen and oxygen atoms in total. The third kappa shape index (κ3) is 6.09. The highest BCUT2D eigenvalue weighted by Crippen LogP contribution is 2.27. The molecule has 26 heavy (non-hydrogen) atoms. The van der Waals surface area contributed by atoms with E-state index in [0.29, 0.717) is 5.92 Å². The van der Waals surface area contributed by atoms with Crippen molar-refractivity contribution in [3.8, 4) is 11.5 Å². The van der Waals surface area contributed by atoms with Gasteiger partial charge in [-0.3, -0.25) is 4.99 Å². The van der Waals surface area contributed by atoms with Crippen LogP contribution in [0.1, 0.15) is 25.3 Å². The van der Waals surface area contributed by atoms with Gasteiger partial charge >= 0.3 is 0 Å². The molecular weight excluding hydrogens is 328 g/mol. The Morgan fingerprint density at radius 2 is 2.04 bits per heavy atom. The first-order valence-corrected chi connectivity index (χ1v) is 9.57. The average molecular weight is 363 g/mol. The van der Waals surface area contributed by atoms with Crippen LogP contribution >= 0.6 is 0 Å². The van der Waals surface area contributed by atoms with Gasteiger partial charge in [-0.15, -0.1) is 0 Å². The molecule has 0 amide bonds. The Balaban J connectivity index is 1.72. The minimum Gasteiger partial charge on any atom is -0.493 e. The summed E-state index contributed by atoms with van der Waals surface area (Å²) in [5, 5.41) is 6.87. The number of guanidine groups is 1. The number of hydrogen-bond acceptors (Lipinski definition) is 4. The van der Waals surface area contributed by atoms with Gasteiger partial charge in [-0.2, -0.15) is 0 Å². The number of aliphatic imine (C=N–C) groups is 1. The van der Waals surface area contributed by atoms with E-state index in [9.17, 15) is 0 Å². The molecule has 0 aromatic heterocycles. The minimum absolute atomic E-state index is 0.714. The fourth-order valence-corrected chi connectivity index (χ4v) is 3.42. The van der Waals surface area contributed by atoms with Gasteiger partial charge in [0.25, 0.3) is 0 Å². The first kappa shape index (κ1) is 20.4. The Kier molecular flexibility index (Phi) is 8.54. The van der Waals surface area contributed by atoms with Crippen molar-refractivity contribution in [2.75, 3.05) is 54.0 Å². The maximum atomic E-state index is 5.36. The maximum Gasteiger partial charge on any atom is 0.190 e. The molecule has 1 aromatic rings. The smallest absolute Gasteiger partial charge is 0.190 e. The Morgan fingerprint density at radius 1 is 1.23 bits per heavy atom. The summed E-state index contributed by atoms with van der Waals surface area (Å²) in [7, 11) is 5.14. The lowest BCUT2D eigenvalue weighted by molar-refractivity contribution is 0.324. The SMILES string of the molecule is CCCN1CCC(CNC(=NC)NCCc2ccc(OC)c(OC)c2)C1. The molecule has 0 bridgehead atoms. The topological polar surface area (TPSA) is 58.1 Å². The molecule has 2 N–H and O–H groups in total. The number of hydrogen-bond donors (Lipinski definition) is 2. The van der Waals surface area contributed by atoms with E-state index in [1.165, 1.54) is 38.0 Å². The largest absolute Gasteiger partial charge is 0.493 e. The second kappa shape index (κ2) is 10.9. The van der Waals surface area contributed by atoms with E-state index in [1.807, 2.05) is 19.2 Å². The van der Waals surface area contributed by atoms with Crippen molar-refractivity contribution in [3.63, 3.8) is 0 Å². The fraction of sp³-hybridized carbons (Fsp3) is 0.650. The standard InChI is InChI=1S/C20H34N4O2/c1-5-11-24-12-9-17(15-24)14-23-20(21-2)22-10-8-16-6-7-18(25-3)19(13-16)26-4/h6-7,13,17H,5,8-12,14-15H2,1-4H3,(H2,21,22,23). The van der Waals surface area contributed by atoms with Crippen LogP contribution in [0.3, 0.4) is 0 Å². The van der Waals surface area contributed by atoms with Gasteiger partial charge in [0.05, 0.1) is 14.2 Å². The molecule has 1 unspecified atom stereocenters. The summed E-state index contributed by atoms with van der Waals surface area (Å²) in [5.41, 5.74) is 1.21. The summed E-state index contributed by atoms with van der Waals surface area (Å²) in [6.45, 7) is 7.69. The van der Waals surface area contributed by atoms with Crippen LogP contribution in [0.5, 0.6) is 11.5 Å². The lowest BCUT2D eigenvalue weighted by Crippen LogP contribution is -2.41. The molecule has 1 aliphatic rings. The molecule has 1 heterocycles. The number of nitrogens with one attached hydrogen (secondary N) is 2. The number of rotatable bonds is 9. The Bertz CT molecular complexity index is 577. The summed E-state index contributed by atoms with van der Waals surface area (Å²) in [6.07, 6.45) is 3.41. The zero-order chi connectivity index (χ0) is 18.8. The molecule has 0 spiro atoms. The quantitative estimate of drug-likeness (QED) is 0.521. The van der Waals surface area contributed by atoms with Gasteiger partial charge in [-0.25, -0.2) is 0 Å². The van der Waals surface area contributed by atoms with Crippen molar-refractivity contribution in [3.05, 3.63) is 23.8 Å². The predicted molar refractivity (Wildman–Crippen MR) is 107 cm³/mol. The molecule has 1 aromatic carbocycles. The molecule has 1 fully saturated rings. The maximum absolute atomic E-state index is 5.36. The van der Waals surface area contributed by atoms with Crippen molar-refractivity contribution < 1.29 is 9.47 Å². The van der Waals surface area contributed by atoms with Gasteiger partial charge in [0.15, 0.2) is 17.5 Å². The third-order valence-corrected chi connectivity index (χ3v) is 4.85. The number of nitrogens with zero attached hydrogens (tertiary/aromatic N) is 2. The van der Waals surface area contributed by atoms with Crippen molar-refractivity contribution in [1.82, 2.24) is 15.5 Å². The van der Waals surface area contributed by atoms with Gasteiger partial charge in [0.1, 0.15) is 0 Å². The molecule has 6 heteroatoms. The summed E-state index contributed by atoms with van der Waals surface area (Å²) >= 11 is 0. The molecule has 1 atom stereocenters. The highest BCUT2D eigenvalue weighted by Gasteiger charge is 2.21. The van der Waals surface area contributed by atoms with Crippen molar-refractivity contribution in [2.45, 2.75) is 26.2 Å². The molecule has 0 radical (unpaired) electrons. The van der Waals surface area contributed by atoms with E-state index in [4.69, 9.17) is 9.47 Å². The molecule has 2 rings (SSSR count). The summed E-state index contributed by atoms with van der Waals surface area (Å²) < 4.78 is 10.6. The Labute approximate surface area is 158 Å². The van der Waals surface area contributed by atoms with E-state index in [2.05, 4.69) is 33.5 Å². The third-order valence-electron chi connectivity index (χ3n) is 4.85. The van der Waals surface area contributed by atoms with Crippen LogP contribution in [0.4, 0.5) is 0 Å². The van der Waals surface area contributed by atoms with Crippen molar-refractivity contribution in [1.29, 1.82) is 0 Å². The second-order valence-electron chi connectivity index (χ2n) is 6.77. The van der Waals surface area contributed by atoms with E-state index in [-0.39, 0.29) is 0 Å². The monoisotopic (exact) mass is 362 g/mol. The van der Waals surface area contributed by atoms with Crippen LogP contribution in [-0.2, 0) is 6.42 Å². The summed E-state index contributed by atoms with van der Waals surface area (Å²) in [5.74, 6) is 3.12. The molecule has 146 valence electrons. The zero-order valence-electron chi connectivity index (χ0n) is 16.7. The van der Waals surface area contributed by atoms with E-state index < -0.39 is 0 Å².